The summed E-state index contributed by atoms with van der Waals surface area (Å²) in [6.07, 6.45) is 2.43. The van der Waals surface area contributed by atoms with Gasteiger partial charge < -0.3 is 14.5 Å². The van der Waals surface area contributed by atoms with Crippen molar-refractivity contribution >= 4 is 17.7 Å². The third kappa shape index (κ3) is 4.39. The minimum absolute atomic E-state index is 0.108. The summed E-state index contributed by atoms with van der Waals surface area (Å²) in [4.78, 5) is 44.0. The van der Waals surface area contributed by atoms with E-state index in [4.69, 9.17) is 4.74 Å². The Labute approximate surface area is 188 Å². The van der Waals surface area contributed by atoms with Gasteiger partial charge in [0.15, 0.2) is 0 Å². The Bertz CT molecular complexity index is 995. The van der Waals surface area contributed by atoms with Crippen molar-refractivity contribution in [1.29, 1.82) is 0 Å². The third-order valence-corrected chi connectivity index (χ3v) is 6.09. The Morgan fingerprint density at radius 1 is 1.03 bits per heavy atom. The molecule has 0 bridgehead atoms. The quantitative estimate of drug-likeness (QED) is 0.596. The van der Waals surface area contributed by atoms with Crippen molar-refractivity contribution < 1.29 is 19.1 Å². The molecule has 0 aromatic heterocycles. The summed E-state index contributed by atoms with van der Waals surface area (Å²) >= 11 is 0. The van der Waals surface area contributed by atoms with E-state index in [0.717, 1.165) is 19.6 Å². The molecule has 0 spiro atoms. The number of rotatable bonds is 8. The molecule has 3 amide bonds. The second-order valence-corrected chi connectivity index (χ2v) is 8.28. The van der Waals surface area contributed by atoms with E-state index >= 15 is 0 Å². The SMILES string of the molecule is CCOc1ccc(CN2C(=O)c3ccccc3C2=O)cc1C(=O)N(C)CCN1CCCC1. The van der Waals surface area contributed by atoms with Gasteiger partial charge >= 0.3 is 0 Å². The molecule has 0 radical (unpaired) electrons. The summed E-state index contributed by atoms with van der Waals surface area (Å²) in [5.74, 6) is -0.237. The first kappa shape index (κ1) is 22.0. The van der Waals surface area contributed by atoms with Crippen LogP contribution in [0.4, 0.5) is 0 Å². The van der Waals surface area contributed by atoms with Crippen LogP contribution in [0.25, 0.3) is 0 Å². The topological polar surface area (TPSA) is 70.2 Å². The molecule has 0 N–H and O–H groups in total. The van der Waals surface area contributed by atoms with Crippen LogP contribution in [0.1, 0.15) is 56.4 Å². The molecule has 32 heavy (non-hydrogen) atoms. The smallest absolute Gasteiger partial charge is 0.261 e. The van der Waals surface area contributed by atoms with Crippen LogP contribution in [0, 0.1) is 0 Å². The van der Waals surface area contributed by atoms with Crippen LogP contribution >= 0.6 is 0 Å². The van der Waals surface area contributed by atoms with Crippen LogP contribution in [0.5, 0.6) is 5.75 Å². The molecule has 4 rings (SSSR count). The van der Waals surface area contributed by atoms with Gasteiger partial charge in [-0.15, -0.1) is 0 Å². The summed E-state index contributed by atoms with van der Waals surface area (Å²) in [6.45, 7) is 6.07. The summed E-state index contributed by atoms with van der Waals surface area (Å²) in [6, 6.07) is 12.1. The fourth-order valence-corrected chi connectivity index (χ4v) is 4.29. The molecule has 168 valence electrons. The second-order valence-electron chi connectivity index (χ2n) is 8.28. The summed E-state index contributed by atoms with van der Waals surface area (Å²) in [7, 11) is 1.80. The molecule has 2 aliphatic rings. The highest BCUT2D eigenvalue weighted by atomic mass is 16.5. The van der Waals surface area contributed by atoms with Gasteiger partial charge in [0, 0.05) is 20.1 Å². The Balaban J connectivity index is 1.52. The van der Waals surface area contributed by atoms with Crippen LogP contribution in [-0.4, -0.2) is 72.3 Å². The molecular weight excluding hydrogens is 406 g/mol. The molecule has 0 saturated carbocycles. The number of likely N-dealkylation sites (N-methyl/N-ethyl adjacent to an activating group) is 1. The number of carbonyl (C=O) groups excluding carboxylic acids is 3. The lowest BCUT2D eigenvalue weighted by molar-refractivity contribution is 0.0642. The van der Waals surface area contributed by atoms with Crippen molar-refractivity contribution in [2.75, 3.05) is 39.8 Å². The monoisotopic (exact) mass is 435 g/mol. The van der Waals surface area contributed by atoms with E-state index in [9.17, 15) is 14.4 Å². The molecule has 0 atom stereocenters. The van der Waals surface area contributed by atoms with E-state index in [1.165, 1.54) is 17.7 Å². The second kappa shape index (κ2) is 9.53. The first-order chi connectivity index (χ1) is 15.5. The van der Waals surface area contributed by atoms with Gasteiger partial charge in [-0.2, -0.15) is 0 Å². The molecule has 0 unspecified atom stereocenters. The number of nitrogens with zero attached hydrogens (tertiary/aromatic N) is 3. The van der Waals surface area contributed by atoms with Gasteiger partial charge in [-0.1, -0.05) is 18.2 Å². The van der Waals surface area contributed by atoms with Crippen molar-refractivity contribution in [2.24, 2.45) is 0 Å². The maximum atomic E-state index is 13.2. The van der Waals surface area contributed by atoms with Gasteiger partial charge in [-0.3, -0.25) is 19.3 Å². The number of benzene rings is 2. The van der Waals surface area contributed by atoms with Gasteiger partial charge in [-0.25, -0.2) is 0 Å². The zero-order chi connectivity index (χ0) is 22.7. The molecular formula is C25H29N3O4. The highest BCUT2D eigenvalue weighted by Gasteiger charge is 2.35. The molecule has 2 aromatic carbocycles. The van der Waals surface area contributed by atoms with Crippen molar-refractivity contribution in [3.8, 4) is 5.75 Å². The lowest BCUT2D eigenvalue weighted by Crippen LogP contribution is -2.35. The Morgan fingerprint density at radius 3 is 2.31 bits per heavy atom. The van der Waals surface area contributed by atoms with Crippen LogP contribution in [0.15, 0.2) is 42.5 Å². The summed E-state index contributed by atoms with van der Waals surface area (Å²) in [5, 5.41) is 0. The molecule has 2 aliphatic heterocycles. The standard InChI is InChI=1S/C25H29N3O4/c1-3-32-22-11-10-18(17-28-24(30)19-8-4-5-9-20(19)25(28)31)16-21(22)23(29)26(2)14-15-27-12-6-7-13-27/h4-5,8-11,16H,3,6-7,12-15,17H2,1-2H3. The van der Waals surface area contributed by atoms with E-state index in [0.29, 0.717) is 41.2 Å². The highest BCUT2D eigenvalue weighted by molar-refractivity contribution is 6.21. The Morgan fingerprint density at radius 2 is 1.69 bits per heavy atom. The van der Waals surface area contributed by atoms with E-state index in [1.54, 1.807) is 54.4 Å². The van der Waals surface area contributed by atoms with E-state index < -0.39 is 0 Å². The van der Waals surface area contributed by atoms with Crippen molar-refractivity contribution in [2.45, 2.75) is 26.3 Å². The Kier molecular flexibility index (Phi) is 6.55. The van der Waals surface area contributed by atoms with Crippen LogP contribution < -0.4 is 4.74 Å². The van der Waals surface area contributed by atoms with Crippen LogP contribution in [0.3, 0.4) is 0 Å². The predicted molar refractivity (Wildman–Crippen MR) is 121 cm³/mol. The number of hydrogen-bond acceptors (Lipinski definition) is 5. The fourth-order valence-electron chi connectivity index (χ4n) is 4.29. The highest BCUT2D eigenvalue weighted by Crippen LogP contribution is 2.27. The average molecular weight is 436 g/mol. The number of ether oxygens (including phenoxy) is 1. The maximum absolute atomic E-state index is 13.2. The number of imide groups is 1. The van der Waals surface area contributed by atoms with Crippen molar-refractivity contribution in [1.82, 2.24) is 14.7 Å². The van der Waals surface area contributed by atoms with Gasteiger partial charge in [0.25, 0.3) is 17.7 Å². The lowest BCUT2D eigenvalue weighted by atomic mass is 10.1. The predicted octanol–water partition coefficient (Wildman–Crippen LogP) is 3.05. The first-order valence-corrected chi connectivity index (χ1v) is 11.2. The number of likely N-dealkylation sites (tertiary alicyclic amines) is 1. The maximum Gasteiger partial charge on any atom is 0.261 e. The van der Waals surface area contributed by atoms with E-state index in [2.05, 4.69) is 4.90 Å². The molecule has 1 saturated heterocycles. The molecule has 2 heterocycles. The number of hydrogen-bond donors (Lipinski definition) is 0. The largest absolute Gasteiger partial charge is 0.493 e. The Hall–Kier alpha value is -3.19. The zero-order valence-electron chi connectivity index (χ0n) is 18.7. The molecule has 1 fully saturated rings. The molecule has 7 heteroatoms. The lowest BCUT2D eigenvalue weighted by Gasteiger charge is -2.23. The molecule has 2 aromatic rings. The summed E-state index contributed by atoms with van der Waals surface area (Å²) in [5.41, 5.74) is 1.99. The van der Waals surface area contributed by atoms with E-state index in [1.807, 2.05) is 6.92 Å². The minimum Gasteiger partial charge on any atom is -0.493 e. The van der Waals surface area contributed by atoms with Crippen molar-refractivity contribution in [3.63, 3.8) is 0 Å². The zero-order valence-corrected chi connectivity index (χ0v) is 18.7. The minimum atomic E-state index is -0.310. The number of amides is 3. The van der Waals surface area contributed by atoms with Gasteiger partial charge in [-0.05, 0) is 62.7 Å². The van der Waals surface area contributed by atoms with Gasteiger partial charge in [0.05, 0.1) is 29.8 Å². The van der Waals surface area contributed by atoms with E-state index in [-0.39, 0.29) is 24.3 Å². The van der Waals surface area contributed by atoms with Gasteiger partial charge in [0.1, 0.15) is 5.75 Å². The molecule has 0 aliphatic carbocycles. The first-order valence-electron chi connectivity index (χ1n) is 11.2. The summed E-state index contributed by atoms with van der Waals surface area (Å²) < 4.78 is 5.70. The van der Waals surface area contributed by atoms with Crippen LogP contribution in [0.2, 0.25) is 0 Å². The average Bonchev–Trinajstić information content (AvgIpc) is 3.41. The van der Waals surface area contributed by atoms with Gasteiger partial charge in [0.2, 0.25) is 0 Å². The number of carbonyl (C=O) groups is 3. The third-order valence-electron chi connectivity index (χ3n) is 6.09. The normalized spacial score (nSPS) is 15.9. The fraction of sp³-hybridized carbons (Fsp3) is 0.400. The van der Waals surface area contributed by atoms with Crippen molar-refractivity contribution in [3.05, 3.63) is 64.7 Å². The number of fused-ring (bicyclic) bond motifs is 1. The molecule has 7 nitrogen and oxygen atoms in total. The van der Waals surface area contributed by atoms with Crippen LogP contribution in [-0.2, 0) is 6.54 Å².